The first-order valence-electron chi connectivity index (χ1n) is 7.93. The molecule has 0 atom stereocenters. The molecule has 3 rings (SSSR count). The molecule has 24 heavy (non-hydrogen) atoms. The lowest BCUT2D eigenvalue weighted by Gasteiger charge is -2.07. The van der Waals surface area contributed by atoms with Crippen LogP contribution in [0, 0.1) is 13.8 Å². The van der Waals surface area contributed by atoms with Gasteiger partial charge in [-0.3, -0.25) is 14.3 Å². The van der Waals surface area contributed by atoms with E-state index in [-0.39, 0.29) is 17.9 Å². The standard InChI is InChI=1S/C18H20N4O2/c1-4-22-12(3)16(11(2)21-22)10-17(23)20-14-5-6-15-13(9-14)7-8-19-18(15)24/h5-9H,4,10H2,1-3H3,(H,19,24)(H,20,23). The molecule has 0 spiro atoms. The van der Waals surface area contributed by atoms with Gasteiger partial charge >= 0.3 is 0 Å². The molecule has 2 N–H and O–H groups in total. The highest BCUT2D eigenvalue weighted by atomic mass is 16.1. The number of H-pyrrole nitrogens is 1. The molecule has 2 heterocycles. The van der Waals surface area contributed by atoms with Gasteiger partial charge in [-0.15, -0.1) is 0 Å². The molecule has 1 aromatic carbocycles. The number of nitrogens with zero attached hydrogens (tertiary/aromatic N) is 2. The summed E-state index contributed by atoms with van der Waals surface area (Å²) in [4.78, 5) is 26.7. The topological polar surface area (TPSA) is 79.8 Å². The molecule has 3 aromatic rings. The zero-order valence-electron chi connectivity index (χ0n) is 14.0. The van der Waals surface area contributed by atoms with Gasteiger partial charge in [-0.25, -0.2) is 0 Å². The largest absolute Gasteiger partial charge is 0.329 e. The number of pyridine rings is 1. The summed E-state index contributed by atoms with van der Waals surface area (Å²) in [5, 5.41) is 8.73. The second-order valence-corrected chi connectivity index (χ2v) is 5.80. The monoisotopic (exact) mass is 324 g/mol. The molecule has 6 nitrogen and oxygen atoms in total. The first-order valence-corrected chi connectivity index (χ1v) is 7.93. The van der Waals surface area contributed by atoms with Gasteiger partial charge in [-0.05, 0) is 50.4 Å². The number of aromatic amines is 1. The number of amides is 1. The Morgan fingerprint density at radius 2 is 2.08 bits per heavy atom. The van der Waals surface area contributed by atoms with Crippen LogP contribution in [-0.4, -0.2) is 20.7 Å². The maximum Gasteiger partial charge on any atom is 0.255 e. The summed E-state index contributed by atoms with van der Waals surface area (Å²) in [6, 6.07) is 7.07. The van der Waals surface area contributed by atoms with E-state index in [4.69, 9.17) is 0 Å². The van der Waals surface area contributed by atoms with Gasteiger partial charge in [0.15, 0.2) is 0 Å². The Labute approximate surface area is 139 Å². The minimum absolute atomic E-state index is 0.0963. The zero-order chi connectivity index (χ0) is 17.3. The highest BCUT2D eigenvalue weighted by Gasteiger charge is 2.14. The number of rotatable bonds is 4. The smallest absolute Gasteiger partial charge is 0.255 e. The molecule has 0 aliphatic rings. The Balaban J connectivity index is 1.80. The van der Waals surface area contributed by atoms with Crippen molar-refractivity contribution in [1.29, 1.82) is 0 Å². The average Bonchev–Trinajstić information content (AvgIpc) is 2.82. The Bertz CT molecular complexity index is 969. The van der Waals surface area contributed by atoms with E-state index < -0.39 is 0 Å². The maximum absolute atomic E-state index is 12.4. The van der Waals surface area contributed by atoms with Gasteiger partial charge in [0, 0.05) is 35.1 Å². The summed E-state index contributed by atoms with van der Waals surface area (Å²) in [6.45, 7) is 6.71. The molecule has 124 valence electrons. The molecule has 0 aliphatic carbocycles. The molecular weight excluding hydrogens is 304 g/mol. The van der Waals surface area contributed by atoms with E-state index in [0.29, 0.717) is 11.1 Å². The van der Waals surface area contributed by atoms with E-state index in [2.05, 4.69) is 15.4 Å². The van der Waals surface area contributed by atoms with Gasteiger partial charge < -0.3 is 10.3 Å². The quantitative estimate of drug-likeness (QED) is 0.774. The van der Waals surface area contributed by atoms with E-state index >= 15 is 0 Å². The molecule has 0 bridgehead atoms. The number of nitrogens with one attached hydrogen (secondary N) is 2. The van der Waals surface area contributed by atoms with Gasteiger partial charge in [0.05, 0.1) is 12.1 Å². The minimum atomic E-state index is -0.136. The second-order valence-electron chi connectivity index (χ2n) is 5.80. The van der Waals surface area contributed by atoms with Crippen molar-refractivity contribution in [3.8, 4) is 0 Å². The minimum Gasteiger partial charge on any atom is -0.329 e. The maximum atomic E-state index is 12.4. The Hall–Kier alpha value is -2.89. The zero-order valence-corrected chi connectivity index (χ0v) is 14.0. The number of aryl methyl sites for hydroxylation is 2. The van der Waals surface area contributed by atoms with Crippen LogP contribution in [0.25, 0.3) is 10.8 Å². The van der Waals surface area contributed by atoms with Gasteiger partial charge in [0.1, 0.15) is 0 Å². The lowest BCUT2D eigenvalue weighted by molar-refractivity contribution is -0.115. The van der Waals surface area contributed by atoms with Crippen LogP contribution in [0.1, 0.15) is 23.9 Å². The van der Waals surface area contributed by atoms with Crippen LogP contribution in [0.3, 0.4) is 0 Å². The van der Waals surface area contributed by atoms with Gasteiger partial charge in [-0.2, -0.15) is 5.10 Å². The van der Waals surface area contributed by atoms with Crippen LogP contribution in [0.15, 0.2) is 35.3 Å². The highest BCUT2D eigenvalue weighted by molar-refractivity contribution is 5.95. The third kappa shape index (κ3) is 2.95. The number of anilines is 1. The van der Waals surface area contributed by atoms with Crippen LogP contribution in [0.5, 0.6) is 0 Å². The molecule has 0 aliphatic heterocycles. The van der Waals surface area contributed by atoms with Crippen molar-refractivity contribution in [2.45, 2.75) is 33.7 Å². The van der Waals surface area contributed by atoms with E-state index in [9.17, 15) is 9.59 Å². The Morgan fingerprint density at radius 3 is 2.79 bits per heavy atom. The van der Waals surface area contributed by atoms with E-state index in [1.807, 2.05) is 31.5 Å². The third-order valence-corrected chi connectivity index (χ3v) is 4.23. The summed E-state index contributed by atoms with van der Waals surface area (Å²) in [5.74, 6) is -0.0963. The van der Waals surface area contributed by atoms with Crippen molar-refractivity contribution in [1.82, 2.24) is 14.8 Å². The van der Waals surface area contributed by atoms with Crippen LogP contribution in [-0.2, 0) is 17.8 Å². The van der Waals surface area contributed by atoms with Gasteiger partial charge in [0.2, 0.25) is 5.91 Å². The number of carbonyl (C=O) groups is 1. The van der Waals surface area contributed by atoms with E-state index in [0.717, 1.165) is 28.9 Å². The number of aromatic nitrogens is 3. The van der Waals surface area contributed by atoms with Crippen molar-refractivity contribution in [2.75, 3.05) is 5.32 Å². The first-order chi connectivity index (χ1) is 11.5. The Morgan fingerprint density at radius 1 is 1.29 bits per heavy atom. The van der Waals surface area contributed by atoms with Crippen LogP contribution in [0.2, 0.25) is 0 Å². The summed E-state index contributed by atoms with van der Waals surface area (Å²) in [6.07, 6.45) is 1.88. The van der Waals surface area contributed by atoms with E-state index in [1.54, 1.807) is 24.4 Å². The summed E-state index contributed by atoms with van der Waals surface area (Å²) < 4.78 is 1.90. The normalized spacial score (nSPS) is 11.0. The number of hydrogen-bond donors (Lipinski definition) is 2. The van der Waals surface area contributed by atoms with Crippen LogP contribution < -0.4 is 10.9 Å². The highest BCUT2D eigenvalue weighted by Crippen LogP contribution is 2.18. The fraction of sp³-hybridized carbons (Fsp3) is 0.278. The molecule has 0 saturated heterocycles. The summed E-state index contributed by atoms with van der Waals surface area (Å²) >= 11 is 0. The predicted octanol–water partition coefficient (Wildman–Crippen LogP) is 2.54. The molecular formula is C18H20N4O2. The van der Waals surface area contributed by atoms with Gasteiger partial charge in [0.25, 0.3) is 5.56 Å². The van der Waals surface area contributed by atoms with Crippen molar-refractivity contribution >= 4 is 22.4 Å². The van der Waals surface area contributed by atoms with Gasteiger partial charge in [-0.1, -0.05) is 0 Å². The van der Waals surface area contributed by atoms with Crippen molar-refractivity contribution < 1.29 is 4.79 Å². The molecule has 0 saturated carbocycles. The molecule has 0 fully saturated rings. The van der Waals surface area contributed by atoms with Crippen LogP contribution >= 0.6 is 0 Å². The number of benzene rings is 1. The molecule has 0 radical (unpaired) electrons. The van der Waals surface area contributed by atoms with Crippen LogP contribution in [0.4, 0.5) is 5.69 Å². The summed E-state index contributed by atoms with van der Waals surface area (Å²) in [7, 11) is 0. The fourth-order valence-electron chi connectivity index (χ4n) is 2.93. The molecule has 2 aromatic heterocycles. The van der Waals surface area contributed by atoms with E-state index in [1.165, 1.54) is 0 Å². The number of fused-ring (bicyclic) bond motifs is 1. The third-order valence-electron chi connectivity index (χ3n) is 4.23. The number of carbonyl (C=O) groups excluding carboxylic acids is 1. The molecule has 6 heteroatoms. The lowest BCUT2D eigenvalue weighted by atomic mass is 10.1. The van der Waals surface area contributed by atoms with Crippen molar-refractivity contribution in [3.05, 3.63) is 57.8 Å². The second kappa shape index (κ2) is 6.31. The first kappa shape index (κ1) is 16.0. The van der Waals surface area contributed by atoms with Crippen molar-refractivity contribution in [2.24, 2.45) is 0 Å². The average molecular weight is 324 g/mol. The predicted molar refractivity (Wildman–Crippen MR) is 94.3 cm³/mol. The molecule has 1 amide bonds. The fourth-order valence-corrected chi connectivity index (χ4v) is 2.93. The van der Waals surface area contributed by atoms with Crippen molar-refractivity contribution in [3.63, 3.8) is 0 Å². The summed E-state index contributed by atoms with van der Waals surface area (Å²) in [5.41, 5.74) is 3.41. The number of hydrogen-bond acceptors (Lipinski definition) is 3. The molecule has 0 unspecified atom stereocenters. The SMILES string of the molecule is CCn1nc(C)c(CC(=O)Nc2ccc3c(=O)[nH]ccc3c2)c1C. The lowest BCUT2D eigenvalue weighted by Crippen LogP contribution is -2.15. The Kier molecular flexibility index (Phi) is 4.20.